The van der Waals surface area contributed by atoms with Crippen LogP contribution in [-0.2, 0) is 0 Å². The van der Waals surface area contributed by atoms with Gasteiger partial charge in [-0.05, 0) is 34.0 Å². The molecule has 0 aliphatic heterocycles. The zero-order chi connectivity index (χ0) is 8.97. The van der Waals surface area contributed by atoms with Gasteiger partial charge in [0, 0.05) is 29.5 Å². The van der Waals surface area contributed by atoms with Gasteiger partial charge in [-0.1, -0.05) is 0 Å². The summed E-state index contributed by atoms with van der Waals surface area (Å²) in [5.41, 5.74) is 6.77. The molecule has 0 fully saturated rings. The third-order valence-corrected chi connectivity index (χ3v) is 2.31. The van der Waals surface area contributed by atoms with Crippen molar-refractivity contribution in [2.24, 2.45) is 5.73 Å². The molecule has 1 atom stereocenters. The molecule has 0 aliphatic rings. The highest BCUT2D eigenvalue weighted by Gasteiger charge is 2.07. The Labute approximate surface area is 79.7 Å². The van der Waals surface area contributed by atoms with E-state index in [1.165, 1.54) is 0 Å². The Kier molecular flexibility index (Phi) is 3.65. The predicted octanol–water partition coefficient (Wildman–Crippen LogP) is 1.23. The molecule has 1 heterocycles. The minimum atomic E-state index is -0.118. The van der Waals surface area contributed by atoms with Crippen LogP contribution in [-0.4, -0.2) is 16.7 Å². The summed E-state index contributed by atoms with van der Waals surface area (Å²) in [6.45, 7) is 0.107. The number of aliphatic hydroxyl groups excluding tert-OH is 1. The molecule has 0 saturated heterocycles. The lowest BCUT2D eigenvalue weighted by atomic mass is 10.1. The standard InChI is InChI=1S/C8H11BrN2O/c9-7-5-11-3-1-6(7)8(10)2-4-12/h1,3,5,8,12H,2,4,10H2/t8-/m1/s1. The molecule has 3 N–H and O–H groups in total. The smallest absolute Gasteiger partial charge is 0.0449 e. The monoisotopic (exact) mass is 230 g/mol. The number of hydrogen-bond donors (Lipinski definition) is 2. The minimum Gasteiger partial charge on any atom is -0.396 e. The number of rotatable bonds is 3. The van der Waals surface area contributed by atoms with E-state index in [4.69, 9.17) is 10.8 Å². The molecule has 1 aromatic rings. The van der Waals surface area contributed by atoms with E-state index >= 15 is 0 Å². The summed E-state index contributed by atoms with van der Waals surface area (Å²) < 4.78 is 0.894. The molecule has 66 valence electrons. The number of aliphatic hydroxyl groups is 1. The molecule has 1 aromatic heterocycles. The van der Waals surface area contributed by atoms with Gasteiger partial charge < -0.3 is 10.8 Å². The van der Waals surface area contributed by atoms with Gasteiger partial charge in [0.2, 0.25) is 0 Å². The summed E-state index contributed by atoms with van der Waals surface area (Å²) in [7, 11) is 0. The first-order valence-electron chi connectivity index (χ1n) is 3.71. The lowest BCUT2D eigenvalue weighted by Gasteiger charge is -2.11. The highest BCUT2D eigenvalue weighted by Crippen LogP contribution is 2.21. The second kappa shape index (κ2) is 4.54. The van der Waals surface area contributed by atoms with Gasteiger partial charge in [0.05, 0.1) is 0 Å². The second-order valence-electron chi connectivity index (χ2n) is 2.52. The fourth-order valence-electron chi connectivity index (χ4n) is 0.981. The average Bonchev–Trinajstić information content (AvgIpc) is 2.05. The van der Waals surface area contributed by atoms with Crippen LogP contribution in [0, 0.1) is 0 Å². The third kappa shape index (κ3) is 2.27. The fourth-order valence-corrected chi connectivity index (χ4v) is 1.53. The van der Waals surface area contributed by atoms with Gasteiger partial charge in [-0.15, -0.1) is 0 Å². The molecule has 12 heavy (non-hydrogen) atoms. The molecule has 0 aliphatic carbocycles. The van der Waals surface area contributed by atoms with Crippen molar-refractivity contribution in [2.75, 3.05) is 6.61 Å². The number of halogens is 1. The van der Waals surface area contributed by atoms with Gasteiger partial charge in [0.15, 0.2) is 0 Å². The van der Waals surface area contributed by atoms with Crippen LogP contribution in [0.15, 0.2) is 22.9 Å². The maximum Gasteiger partial charge on any atom is 0.0449 e. The van der Waals surface area contributed by atoms with Crippen molar-refractivity contribution >= 4 is 15.9 Å². The largest absolute Gasteiger partial charge is 0.396 e. The summed E-state index contributed by atoms with van der Waals surface area (Å²) in [5.74, 6) is 0. The van der Waals surface area contributed by atoms with Crippen LogP contribution in [0.4, 0.5) is 0 Å². The van der Waals surface area contributed by atoms with Crippen molar-refractivity contribution in [2.45, 2.75) is 12.5 Å². The Morgan fingerprint density at radius 3 is 3.00 bits per heavy atom. The van der Waals surface area contributed by atoms with E-state index in [-0.39, 0.29) is 12.6 Å². The Hall–Kier alpha value is -0.450. The lowest BCUT2D eigenvalue weighted by Crippen LogP contribution is -2.12. The summed E-state index contributed by atoms with van der Waals surface area (Å²) in [6.07, 6.45) is 3.96. The van der Waals surface area contributed by atoms with E-state index in [1.807, 2.05) is 6.07 Å². The quantitative estimate of drug-likeness (QED) is 0.822. The number of pyridine rings is 1. The van der Waals surface area contributed by atoms with Gasteiger partial charge in [0.25, 0.3) is 0 Å². The lowest BCUT2D eigenvalue weighted by molar-refractivity contribution is 0.276. The molecule has 3 nitrogen and oxygen atoms in total. The van der Waals surface area contributed by atoms with E-state index in [9.17, 15) is 0 Å². The first-order valence-corrected chi connectivity index (χ1v) is 4.51. The van der Waals surface area contributed by atoms with Crippen molar-refractivity contribution < 1.29 is 5.11 Å². The maximum atomic E-state index is 8.68. The van der Waals surface area contributed by atoms with Crippen LogP contribution < -0.4 is 5.73 Å². The van der Waals surface area contributed by atoms with Crippen molar-refractivity contribution in [3.8, 4) is 0 Å². The normalized spacial score (nSPS) is 12.9. The zero-order valence-corrected chi connectivity index (χ0v) is 8.16. The minimum absolute atomic E-state index is 0.107. The molecule has 0 radical (unpaired) electrons. The van der Waals surface area contributed by atoms with Crippen LogP contribution in [0.2, 0.25) is 0 Å². The topological polar surface area (TPSA) is 59.1 Å². The van der Waals surface area contributed by atoms with Crippen molar-refractivity contribution in [3.63, 3.8) is 0 Å². The summed E-state index contributed by atoms with van der Waals surface area (Å²) in [4.78, 5) is 3.92. The van der Waals surface area contributed by atoms with Gasteiger partial charge in [-0.2, -0.15) is 0 Å². The molecule has 0 bridgehead atoms. The number of aromatic nitrogens is 1. The van der Waals surface area contributed by atoms with Crippen LogP contribution in [0.5, 0.6) is 0 Å². The molecule has 0 spiro atoms. The Bertz CT molecular complexity index is 255. The third-order valence-electron chi connectivity index (χ3n) is 1.64. The average molecular weight is 231 g/mol. The summed E-state index contributed by atoms with van der Waals surface area (Å²) in [6, 6.07) is 1.73. The number of hydrogen-bond acceptors (Lipinski definition) is 3. The second-order valence-corrected chi connectivity index (χ2v) is 3.37. The molecule has 0 aromatic carbocycles. The summed E-state index contributed by atoms with van der Waals surface area (Å²) >= 11 is 3.34. The molecule has 4 heteroatoms. The number of nitrogens with two attached hydrogens (primary N) is 1. The van der Waals surface area contributed by atoms with E-state index in [1.54, 1.807) is 12.4 Å². The van der Waals surface area contributed by atoms with Crippen molar-refractivity contribution in [1.82, 2.24) is 4.98 Å². The van der Waals surface area contributed by atoms with Crippen LogP contribution >= 0.6 is 15.9 Å². The van der Waals surface area contributed by atoms with E-state index in [0.29, 0.717) is 6.42 Å². The van der Waals surface area contributed by atoms with E-state index in [0.717, 1.165) is 10.0 Å². The molecule has 0 amide bonds. The highest BCUT2D eigenvalue weighted by atomic mass is 79.9. The van der Waals surface area contributed by atoms with Gasteiger partial charge in [0.1, 0.15) is 0 Å². The molecule has 0 saturated carbocycles. The Morgan fingerprint density at radius 2 is 2.42 bits per heavy atom. The highest BCUT2D eigenvalue weighted by molar-refractivity contribution is 9.10. The molecule has 0 unspecified atom stereocenters. The van der Waals surface area contributed by atoms with Crippen LogP contribution in [0.25, 0.3) is 0 Å². The SMILES string of the molecule is N[C@H](CCO)c1ccncc1Br. The van der Waals surface area contributed by atoms with Crippen molar-refractivity contribution in [1.29, 1.82) is 0 Å². The fraction of sp³-hybridized carbons (Fsp3) is 0.375. The zero-order valence-electron chi connectivity index (χ0n) is 6.57. The maximum absolute atomic E-state index is 8.68. The first-order chi connectivity index (χ1) is 5.75. The molecule has 1 rings (SSSR count). The predicted molar refractivity (Wildman–Crippen MR) is 50.6 cm³/mol. The van der Waals surface area contributed by atoms with Gasteiger partial charge in [-0.3, -0.25) is 4.98 Å². The van der Waals surface area contributed by atoms with Gasteiger partial charge in [-0.25, -0.2) is 0 Å². The van der Waals surface area contributed by atoms with Gasteiger partial charge >= 0.3 is 0 Å². The van der Waals surface area contributed by atoms with Crippen LogP contribution in [0.1, 0.15) is 18.0 Å². The Balaban J connectivity index is 2.79. The molecular weight excluding hydrogens is 220 g/mol. The van der Waals surface area contributed by atoms with E-state index in [2.05, 4.69) is 20.9 Å². The van der Waals surface area contributed by atoms with E-state index < -0.39 is 0 Å². The van der Waals surface area contributed by atoms with Crippen LogP contribution in [0.3, 0.4) is 0 Å². The van der Waals surface area contributed by atoms with Crippen molar-refractivity contribution in [3.05, 3.63) is 28.5 Å². The Morgan fingerprint density at radius 1 is 1.67 bits per heavy atom. The first kappa shape index (κ1) is 9.64. The summed E-state index contributed by atoms with van der Waals surface area (Å²) in [5, 5.41) is 8.68. The number of nitrogens with zero attached hydrogens (tertiary/aromatic N) is 1. The molecular formula is C8H11BrN2O.